The molecule has 1 N–H and O–H groups in total. The number of aliphatic carboxylic acids is 1. The van der Waals surface area contributed by atoms with Gasteiger partial charge in [-0.2, -0.15) is 0 Å². The van der Waals surface area contributed by atoms with E-state index < -0.39 is 5.97 Å². The van der Waals surface area contributed by atoms with Gasteiger partial charge in [-0.05, 0) is 40.8 Å². The number of hydrogen-bond donors (Lipinski definition) is 1. The molecular formula is C11H7IN2O3. The highest BCUT2D eigenvalue weighted by Gasteiger charge is 2.06. The Bertz CT molecular complexity index is 578. The zero-order valence-electron chi connectivity index (χ0n) is 8.50. The van der Waals surface area contributed by atoms with Crippen LogP contribution in [0.15, 0.2) is 34.8 Å². The minimum atomic E-state index is -1.06. The Morgan fingerprint density at radius 1 is 1.41 bits per heavy atom. The second-order valence-corrected chi connectivity index (χ2v) is 4.37. The Labute approximate surface area is 110 Å². The van der Waals surface area contributed by atoms with Crippen LogP contribution in [0.3, 0.4) is 0 Å². The molecule has 0 saturated heterocycles. The summed E-state index contributed by atoms with van der Waals surface area (Å²) in [5.74, 6) is -0.520. The summed E-state index contributed by atoms with van der Waals surface area (Å²) in [7, 11) is 0. The van der Waals surface area contributed by atoms with Crippen LogP contribution < -0.4 is 0 Å². The summed E-state index contributed by atoms with van der Waals surface area (Å²) in [6.07, 6.45) is 2.21. The first kappa shape index (κ1) is 11.8. The highest BCUT2D eigenvalue weighted by molar-refractivity contribution is 14.1. The number of carboxylic acid groups (broad SMARTS) is 1. The topological polar surface area (TPSA) is 76.2 Å². The maximum atomic E-state index is 10.3. The highest BCUT2D eigenvalue weighted by Crippen LogP contribution is 2.20. The van der Waals surface area contributed by atoms with Gasteiger partial charge in [0, 0.05) is 21.3 Å². The molecule has 0 aliphatic carbocycles. The second kappa shape index (κ2) is 5.09. The number of nitrogens with zero attached hydrogens (tertiary/aromatic N) is 2. The number of hydrogen-bond acceptors (Lipinski definition) is 4. The van der Waals surface area contributed by atoms with Crippen LogP contribution >= 0.6 is 22.6 Å². The third-order valence-electron chi connectivity index (χ3n) is 1.88. The van der Waals surface area contributed by atoms with E-state index in [4.69, 9.17) is 9.52 Å². The van der Waals surface area contributed by atoms with Crippen molar-refractivity contribution in [1.82, 2.24) is 10.2 Å². The molecule has 5 nitrogen and oxygen atoms in total. The van der Waals surface area contributed by atoms with Gasteiger partial charge < -0.3 is 9.52 Å². The molecule has 17 heavy (non-hydrogen) atoms. The van der Waals surface area contributed by atoms with Crippen molar-refractivity contribution in [3.63, 3.8) is 0 Å². The third kappa shape index (κ3) is 3.13. The molecule has 0 unspecified atom stereocenters. The standard InChI is InChI=1S/C11H7IN2O3/c12-8-3-1-2-7(6-8)11-14-13-9(17-11)4-5-10(15)16/h1-6H,(H,15,16)/b5-4+. The summed E-state index contributed by atoms with van der Waals surface area (Å²) in [4.78, 5) is 10.3. The molecule has 0 amide bonds. The predicted octanol–water partition coefficient (Wildman–Crippen LogP) is 2.44. The van der Waals surface area contributed by atoms with E-state index >= 15 is 0 Å². The molecular weight excluding hydrogens is 335 g/mol. The molecule has 0 spiro atoms. The van der Waals surface area contributed by atoms with Gasteiger partial charge in [0.05, 0.1) is 0 Å². The smallest absolute Gasteiger partial charge is 0.328 e. The van der Waals surface area contributed by atoms with Crippen LogP contribution in [0.25, 0.3) is 17.5 Å². The normalized spacial score (nSPS) is 10.9. The summed E-state index contributed by atoms with van der Waals surface area (Å²) < 4.78 is 6.36. The Balaban J connectivity index is 2.27. The van der Waals surface area contributed by atoms with Gasteiger partial charge in [0.15, 0.2) is 0 Å². The van der Waals surface area contributed by atoms with E-state index in [1.54, 1.807) is 0 Å². The summed E-state index contributed by atoms with van der Waals surface area (Å²) in [5, 5.41) is 16.0. The zero-order valence-corrected chi connectivity index (χ0v) is 10.7. The second-order valence-electron chi connectivity index (χ2n) is 3.13. The monoisotopic (exact) mass is 342 g/mol. The van der Waals surface area contributed by atoms with Crippen LogP contribution in [0.5, 0.6) is 0 Å². The van der Waals surface area contributed by atoms with Crippen LogP contribution in [-0.2, 0) is 4.79 Å². The van der Waals surface area contributed by atoms with E-state index in [2.05, 4.69) is 32.8 Å². The first-order chi connectivity index (χ1) is 8.15. The van der Waals surface area contributed by atoms with Crippen molar-refractivity contribution in [3.8, 4) is 11.5 Å². The van der Waals surface area contributed by atoms with Gasteiger partial charge in [0.1, 0.15) is 0 Å². The van der Waals surface area contributed by atoms with E-state index in [9.17, 15) is 4.79 Å². The first-order valence-corrected chi connectivity index (χ1v) is 5.73. The van der Waals surface area contributed by atoms with E-state index in [1.165, 1.54) is 6.08 Å². The van der Waals surface area contributed by atoms with Gasteiger partial charge in [-0.25, -0.2) is 4.79 Å². The van der Waals surface area contributed by atoms with Crippen molar-refractivity contribution in [3.05, 3.63) is 39.8 Å². The molecule has 0 aliphatic rings. The van der Waals surface area contributed by atoms with Crippen molar-refractivity contribution in [2.24, 2.45) is 0 Å². The maximum absolute atomic E-state index is 10.3. The Morgan fingerprint density at radius 3 is 2.94 bits per heavy atom. The SMILES string of the molecule is O=C(O)/C=C/c1nnc(-c2cccc(I)c2)o1. The van der Waals surface area contributed by atoms with Crippen molar-refractivity contribution >= 4 is 34.6 Å². The van der Waals surface area contributed by atoms with E-state index in [0.717, 1.165) is 15.2 Å². The minimum Gasteiger partial charge on any atom is -0.478 e. The summed E-state index contributed by atoms with van der Waals surface area (Å²) in [6, 6.07) is 7.58. The molecule has 6 heteroatoms. The maximum Gasteiger partial charge on any atom is 0.328 e. The molecule has 0 aliphatic heterocycles. The fourth-order valence-corrected chi connectivity index (χ4v) is 1.73. The van der Waals surface area contributed by atoms with Gasteiger partial charge in [-0.3, -0.25) is 0 Å². The quantitative estimate of drug-likeness (QED) is 0.685. The molecule has 2 rings (SSSR count). The number of benzene rings is 1. The minimum absolute atomic E-state index is 0.168. The molecule has 0 radical (unpaired) electrons. The van der Waals surface area contributed by atoms with Crippen LogP contribution in [-0.4, -0.2) is 21.3 Å². The molecule has 0 atom stereocenters. The Morgan fingerprint density at radius 2 is 2.24 bits per heavy atom. The molecule has 0 fully saturated rings. The van der Waals surface area contributed by atoms with Crippen molar-refractivity contribution in [2.75, 3.05) is 0 Å². The Kier molecular flexibility index (Phi) is 3.52. The molecule has 1 heterocycles. The summed E-state index contributed by atoms with van der Waals surface area (Å²) in [5.41, 5.74) is 0.805. The first-order valence-electron chi connectivity index (χ1n) is 4.65. The van der Waals surface area contributed by atoms with Crippen LogP contribution in [0.4, 0.5) is 0 Å². The van der Waals surface area contributed by atoms with Crippen LogP contribution in [0.2, 0.25) is 0 Å². The van der Waals surface area contributed by atoms with Crippen molar-refractivity contribution in [1.29, 1.82) is 0 Å². The largest absolute Gasteiger partial charge is 0.478 e. The lowest BCUT2D eigenvalue weighted by molar-refractivity contribution is -0.131. The fraction of sp³-hybridized carbons (Fsp3) is 0. The number of rotatable bonds is 3. The molecule has 86 valence electrons. The van der Waals surface area contributed by atoms with Crippen molar-refractivity contribution in [2.45, 2.75) is 0 Å². The summed E-state index contributed by atoms with van der Waals surface area (Å²) in [6.45, 7) is 0. The third-order valence-corrected chi connectivity index (χ3v) is 2.55. The predicted molar refractivity (Wildman–Crippen MR) is 69.1 cm³/mol. The molecule has 1 aromatic heterocycles. The average molecular weight is 342 g/mol. The summed E-state index contributed by atoms with van der Waals surface area (Å²) >= 11 is 2.18. The van der Waals surface area contributed by atoms with Gasteiger partial charge >= 0.3 is 5.97 Å². The van der Waals surface area contributed by atoms with Crippen LogP contribution in [0, 0.1) is 3.57 Å². The van der Waals surface area contributed by atoms with Gasteiger partial charge in [0.2, 0.25) is 11.8 Å². The number of carboxylic acids is 1. The number of carbonyl (C=O) groups is 1. The lowest BCUT2D eigenvalue weighted by Gasteiger charge is -1.94. The van der Waals surface area contributed by atoms with Crippen molar-refractivity contribution < 1.29 is 14.3 Å². The lowest BCUT2D eigenvalue weighted by atomic mass is 10.2. The van der Waals surface area contributed by atoms with Gasteiger partial charge in [-0.15, -0.1) is 10.2 Å². The highest BCUT2D eigenvalue weighted by atomic mass is 127. The number of halogens is 1. The lowest BCUT2D eigenvalue weighted by Crippen LogP contribution is -1.85. The van der Waals surface area contributed by atoms with E-state index in [0.29, 0.717) is 5.89 Å². The van der Waals surface area contributed by atoms with Gasteiger partial charge in [-0.1, -0.05) is 6.07 Å². The number of aromatic nitrogens is 2. The molecule has 1 aromatic carbocycles. The van der Waals surface area contributed by atoms with Gasteiger partial charge in [0.25, 0.3) is 0 Å². The Hall–Kier alpha value is -1.70. The average Bonchev–Trinajstić information content (AvgIpc) is 2.75. The van der Waals surface area contributed by atoms with E-state index in [-0.39, 0.29) is 5.89 Å². The van der Waals surface area contributed by atoms with E-state index in [1.807, 2.05) is 24.3 Å². The van der Waals surface area contributed by atoms with Crippen LogP contribution in [0.1, 0.15) is 5.89 Å². The molecule has 2 aromatic rings. The zero-order chi connectivity index (χ0) is 12.3. The fourth-order valence-electron chi connectivity index (χ4n) is 1.18. The molecule has 0 saturated carbocycles. The molecule has 0 bridgehead atoms.